The van der Waals surface area contributed by atoms with E-state index in [9.17, 15) is 4.79 Å². The molecule has 2 rings (SSSR count). The summed E-state index contributed by atoms with van der Waals surface area (Å²) < 4.78 is 0. The van der Waals surface area contributed by atoms with Crippen molar-refractivity contribution in [3.8, 4) is 0 Å². The topological polar surface area (TPSA) is 62.2 Å². The molecule has 0 aromatic carbocycles. The van der Waals surface area contributed by atoms with Gasteiger partial charge in [0.1, 0.15) is 0 Å². The summed E-state index contributed by atoms with van der Waals surface area (Å²) in [5, 5.41) is 14.5. The molecule has 2 unspecified atom stereocenters. The molecule has 1 aromatic rings. The summed E-state index contributed by atoms with van der Waals surface area (Å²) >= 11 is 1.38. The fourth-order valence-electron chi connectivity index (χ4n) is 2.24. The molecule has 5 heteroatoms. The smallest absolute Gasteiger partial charge is 0.355 e. The number of anilines is 1. The summed E-state index contributed by atoms with van der Waals surface area (Å²) in [6, 6.07) is 0.452. The first-order valence-corrected chi connectivity index (χ1v) is 6.98. The largest absolute Gasteiger partial charge is 0.476 e. The molecule has 2 N–H and O–H groups in total. The maximum absolute atomic E-state index is 10.7. The number of carboxylic acid groups (broad SMARTS) is 1. The van der Waals surface area contributed by atoms with E-state index in [2.05, 4.69) is 17.2 Å². The first kappa shape index (κ1) is 12.4. The molecule has 94 valence electrons. The van der Waals surface area contributed by atoms with Crippen molar-refractivity contribution >= 4 is 22.4 Å². The van der Waals surface area contributed by atoms with E-state index in [1.807, 2.05) is 0 Å². The van der Waals surface area contributed by atoms with Crippen molar-refractivity contribution in [1.29, 1.82) is 0 Å². The second kappa shape index (κ2) is 5.49. The zero-order valence-electron chi connectivity index (χ0n) is 9.98. The SMILES string of the molecule is CC1CCCC(Nc2nc(C(=O)O)cs2)CC1. The lowest BCUT2D eigenvalue weighted by Crippen LogP contribution is -2.18. The molecule has 0 bridgehead atoms. The molecule has 0 amide bonds. The maximum Gasteiger partial charge on any atom is 0.355 e. The van der Waals surface area contributed by atoms with E-state index in [0.29, 0.717) is 6.04 Å². The first-order valence-electron chi connectivity index (χ1n) is 6.10. The van der Waals surface area contributed by atoms with Gasteiger partial charge in [-0.1, -0.05) is 19.8 Å². The lowest BCUT2D eigenvalue weighted by atomic mass is 10.0. The van der Waals surface area contributed by atoms with Gasteiger partial charge in [0, 0.05) is 11.4 Å². The highest BCUT2D eigenvalue weighted by molar-refractivity contribution is 7.13. The minimum absolute atomic E-state index is 0.138. The van der Waals surface area contributed by atoms with E-state index in [1.165, 1.54) is 30.6 Å². The van der Waals surface area contributed by atoms with Crippen molar-refractivity contribution in [2.24, 2.45) is 5.92 Å². The van der Waals surface area contributed by atoms with Crippen LogP contribution in [0.3, 0.4) is 0 Å². The molecule has 0 radical (unpaired) electrons. The molecular weight excluding hydrogens is 236 g/mol. The van der Waals surface area contributed by atoms with Crippen LogP contribution in [-0.4, -0.2) is 22.1 Å². The van der Waals surface area contributed by atoms with Gasteiger partial charge in [-0.2, -0.15) is 0 Å². The molecule has 4 nitrogen and oxygen atoms in total. The Bertz CT molecular complexity index is 392. The van der Waals surface area contributed by atoms with Crippen LogP contribution >= 0.6 is 11.3 Å². The number of hydrogen-bond acceptors (Lipinski definition) is 4. The highest BCUT2D eigenvalue weighted by Crippen LogP contribution is 2.26. The average Bonchev–Trinajstić information content (AvgIpc) is 2.65. The lowest BCUT2D eigenvalue weighted by molar-refractivity contribution is 0.0691. The summed E-state index contributed by atoms with van der Waals surface area (Å²) in [6.07, 6.45) is 6.11. The summed E-state index contributed by atoms with van der Waals surface area (Å²) in [6.45, 7) is 2.30. The molecule has 0 spiro atoms. The molecule has 1 fully saturated rings. The van der Waals surface area contributed by atoms with E-state index in [-0.39, 0.29) is 5.69 Å². The Morgan fingerprint density at radius 1 is 1.47 bits per heavy atom. The fraction of sp³-hybridized carbons (Fsp3) is 0.667. The van der Waals surface area contributed by atoms with Crippen molar-refractivity contribution in [1.82, 2.24) is 4.98 Å². The molecule has 1 aliphatic rings. The van der Waals surface area contributed by atoms with E-state index in [1.54, 1.807) is 5.38 Å². The van der Waals surface area contributed by atoms with Gasteiger partial charge in [-0.15, -0.1) is 11.3 Å². The number of rotatable bonds is 3. The van der Waals surface area contributed by atoms with Gasteiger partial charge in [0.2, 0.25) is 0 Å². The first-order chi connectivity index (χ1) is 8.15. The molecule has 1 aromatic heterocycles. The second-order valence-electron chi connectivity index (χ2n) is 4.80. The molecule has 1 aliphatic carbocycles. The number of nitrogens with one attached hydrogen (secondary N) is 1. The maximum atomic E-state index is 10.7. The molecule has 2 atom stereocenters. The molecule has 17 heavy (non-hydrogen) atoms. The van der Waals surface area contributed by atoms with Crippen molar-refractivity contribution in [3.05, 3.63) is 11.1 Å². The zero-order valence-corrected chi connectivity index (χ0v) is 10.8. The van der Waals surface area contributed by atoms with Gasteiger partial charge in [0.15, 0.2) is 10.8 Å². The van der Waals surface area contributed by atoms with Crippen LogP contribution in [0, 0.1) is 5.92 Å². The number of nitrogens with zero attached hydrogens (tertiary/aromatic N) is 1. The van der Waals surface area contributed by atoms with Crippen LogP contribution in [0.1, 0.15) is 49.5 Å². The summed E-state index contributed by atoms with van der Waals surface area (Å²) in [7, 11) is 0. The molecule has 1 heterocycles. The van der Waals surface area contributed by atoms with Gasteiger partial charge in [0.25, 0.3) is 0 Å². The van der Waals surface area contributed by atoms with Crippen molar-refractivity contribution in [2.75, 3.05) is 5.32 Å². The number of aromatic nitrogens is 1. The third kappa shape index (κ3) is 3.43. The predicted octanol–water partition coefficient (Wildman–Crippen LogP) is 3.22. The van der Waals surface area contributed by atoms with Gasteiger partial charge in [-0.25, -0.2) is 9.78 Å². The van der Waals surface area contributed by atoms with Gasteiger partial charge in [0.05, 0.1) is 0 Å². The Morgan fingerprint density at radius 2 is 2.29 bits per heavy atom. The van der Waals surface area contributed by atoms with Gasteiger partial charge < -0.3 is 10.4 Å². The highest BCUT2D eigenvalue weighted by Gasteiger charge is 2.17. The third-order valence-corrected chi connectivity index (χ3v) is 4.08. The third-order valence-electron chi connectivity index (χ3n) is 3.31. The Hall–Kier alpha value is -1.10. The molecule has 0 aliphatic heterocycles. The van der Waals surface area contributed by atoms with Gasteiger partial charge in [-0.05, 0) is 25.2 Å². The lowest BCUT2D eigenvalue weighted by Gasteiger charge is -2.15. The molecule has 0 saturated heterocycles. The minimum Gasteiger partial charge on any atom is -0.476 e. The zero-order chi connectivity index (χ0) is 12.3. The number of carboxylic acids is 1. The Morgan fingerprint density at radius 3 is 3.00 bits per heavy atom. The average molecular weight is 254 g/mol. The molecule has 1 saturated carbocycles. The van der Waals surface area contributed by atoms with Crippen LogP contribution < -0.4 is 5.32 Å². The molecular formula is C12H18N2O2S. The normalized spacial score (nSPS) is 25.2. The van der Waals surface area contributed by atoms with Gasteiger partial charge >= 0.3 is 5.97 Å². The number of thiazole rings is 1. The van der Waals surface area contributed by atoms with Gasteiger partial charge in [-0.3, -0.25) is 0 Å². The Balaban J connectivity index is 1.93. The van der Waals surface area contributed by atoms with Crippen LogP contribution in [0.2, 0.25) is 0 Å². The summed E-state index contributed by atoms with van der Waals surface area (Å²) in [5.74, 6) is -0.142. The van der Waals surface area contributed by atoms with E-state index < -0.39 is 5.97 Å². The quantitative estimate of drug-likeness (QED) is 0.813. The van der Waals surface area contributed by atoms with Crippen LogP contribution in [0.4, 0.5) is 5.13 Å². The predicted molar refractivity (Wildman–Crippen MR) is 68.7 cm³/mol. The van der Waals surface area contributed by atoms with Crippen LogP contribution in [0.15, 0.2) is 5.38 Å². The minimum atomic E-state index is -0.955. The van der Waals surface area contributed by atoms with Crippen LogP contribution in [0.5, 0.6) is 0 Å². The standard InChI is InChI=1S/C12H18N2O2S/c1-8-3-2-4-9(6-5-8)13-12-14-10(7-17-12)11(15)16/h7-9H,2-6H2,1H3,(H,13,14)(H,15,16). The number of hydrogen-bond donors (Lipinski definition) is 2. The monoisotopic (exact) mass is 254 g/mol. The van der Waals surface area contributed by atoms with Crippen molar-refractivity contribution < 1.29 is 9.90 Å². The second-order valence-corrected chi connectivity index (χ2v) is 5.66. The Labute approximate surface area is 105 Å². The Kier molecular flexibility index (Phi) is 3.99. The fourth-order valence-corrected chi connectivity index (χ4v) is 3.01. The van der Waals surface area contributed by atoms with Crippen LogP contribution in [-0.2, 0) is 0 Å². The van der Waals surface area contributed by atoms with E-state index in [4.69, 9.17) is 5.11 Å². The van der Waals surface area contributed by atoms with Crippen molar-refractivity contribution in [3.63, 3.8) is 0 Å². The van der Waals surface area contributed by atoms with Crippen LogP contribution in [0.25, 0.3) is 0 Å². The number of carbonyl (C=O) groups is 1. The van der Waals surface area contributed by atoms with E-state index >= 15 is 0 Å². The van der Waals surface area contributed by atoms with Crippen molar-refractivity contribution in [2.45, 2.75) is 45.1 Å². The highest BCUT2D eigenvalue weighted by atomic mass is 32.1. The summed E-state index contributed by atoms with van der Waals surface area (Å²) in [5.41, 5.74) is 0.138. The summed E-state index contributed by atoms with van der Waals surface area (Å²) in [4.78, 5) is 14.8. The number of aromatic carboxylic acids is 1. The van der Waals surface area contributed by atoms with E-state index in [0.717, 1.165) is 23.9 Å².